The number of nitrogens with two attached hydrogens (primary N) is 1. The van der Waals surface area contributed by atoms with Crippen LogP contribution in [0.5, 0.6) is 0 Å². The highest BCUT2D eigenvalue weighted by Gasteiger charge is 2.09. The average molecular weight is 256 g/mol. The summed E-state index contributed by atoms with van der Waals surface area (Å²) in [7, 11) is 1.90. The van der Waals surface area contributed by atoms with E-state index in [-0.39, 0.29) is 0 Å². The molecule has 1 aromatic heterocycles. The molecule has 0 aliphatic rings. The van der Waals surface area contributed by atoms with Crippen LogP contribution in [0.25, 0.3) is 10.9 Å². The lowest BCUT2D eigenvalue weighted by molar-refractivity contribution is 0.125. The molecule has 0 amide bonds. The molecule has 1 aromatic carbocycles. The van der Waals surface area contributed by atoms with Crippen molar-refractivity contribution in [2.75, 3.05) is 0 Å². The van der Waals surface area contributed by atoms with Crippen LogP contribution >= 0.6 is 15.9 Å². The standard InChI is InChI=1S/C9H10BrN3O/c1-13-8-6(5-14-11)3-2-4-7(8)9(10)12-13/h2-4H,5,11H2,1H3. The number of halogens is 1. The molecule has 2 rings (SSSR count). The topological polar surface area (TPSA) is 53.1 Å². The van der Waals surface area contributed by atoms with E-state index in [1.54, 1.807) is 0 Å². The highest BCUT2D eigenvalue weighted by Crippen LogP contribution is 2.25. The molecule has 0 fully saturated rings. The van der Waals surface area contributed by atoms with Crippen LogP contribution in [0, 0.1) is 0 Å². The van der Waals surface area contributed by atoms with E-state index in [4.69, 9.17) is 5.90 Å². The molecule has 0 radical (unpaired) electrons. The Kier molecular flexibility index (Phi) is 2.54. The molecule has 2 aromatic rings. The smallest absolute Gasteiger partial charge is 0.135 e. The summed E-state index contributed by atoms with van der Waals surface area (Å²) in [6.07, 6.45) is 0. The van der Waals surface area contributed by atoms with Gasteiger partial charge in [-0.3, -0.25) is 9.52 Å². The van der Waals surface area contributed by atoms with Gasteiger partial charge in [-0.05, 0) is 15.9 Å². The zero-order chi connectivity index (χ0) is 10.1. The number of aryl methyl sites for hydroxylation is 1. The van der Waals surface area contributed by atoms with Crippen molar-refractivity contribution in [3.8, 4) is 0 Å². The lowest BCUT2D eigenvalue weighted by atomic mass is 10.1. The molecule has 74 valence electrons. The maximum absolute atomic E-state index is 5.07. The molecule has 0 saturated heterocycles. The Hall–Kier alpha value is -0.910. The first kappa shape index (κ1) is 9.64. The van der Waals surface area contributed by atoms with Crippen molar-refractivity contribution in [2.24, 2.45) is 12.9 Å². The summed E-state index contributed by atoms with van der Waals surface area (Å²) in [5.41, 5.74) is 2.08. The van der Waals surface area contributed by atoms with Gasteiger partial charge in [0.1, 0.15) is 4.60 Å². The maximum Gasteiger partial charge on any atom is 0.135 e. The highest BCUT2D eigenvalue weighted by molar-refractivity contribution is 9.10. The van der Waals surface area contributed by atoms with Gasteiger partial charge in [0, 0.05) is 18.0 Å². The van der Waals surface area contributed by atoms with E-state index in [1.165, 1.54) is 0 Å². The zero-order valence-electron chi connectivity index (χ0n) is 7.70. The fraction of sp³-hybridized carbons (Fsp3) is 0.222. The summed E-state index contributed by atoms with van der Waals surface area (Å²) in [5, 5.41) is 5.34. The molecule has 0 aliphatic carbocycles. The minimum Gasteiger partial charge on any atom is -0.300 e. The molecule has 0 bridgehead atoms. The van der Waals surface area contributed by atoms with Gasteiger partial charge in [-0.2, -0.15) is 5.10 Å². The van der Waals surface area contributed by atoms with E-state index in [0.717, 1.165) is 21.1 Å². The van der Waals surface area contributed by atoms with Crippen LogP contribution in [-0.4, -0.2) is 9.78 Å². The summed E-state index contributed by atoms with van der Waals surface area (Å²) >= 11 is 3.40. The number of aromatic nitrogens is 2. The van der Waals surface area contributed by atoms with Crippen LogP contribution in [0.3, 0.4) is 0 Å². The molecular formula is C9H10BrN3O. The van der Waals surface area contributed by atoms with Gasteiger partial charge in [0.2, 0.25) is 0 Å². The monoisotopic (exact) mass is 255 g/mol. The molecule has 2 N–H and O–H groups in total. The molecule has 4 nitrogen and oxygen atoms in total. The van der Waals surface area contributed by atoms with E-state index in [9.17, 15) is 0 Å². The Morgan fingerprint density at radius 2 is 2.36 bits per heavy atom. The number of rotatable bonds is 2. The van der Waals surface area contributed by atoms with Crippen LogP contribution in [-0.2, 0) is 18.5 Å². The van der Waals surface area contributed by atoms with Gasteiger partial charge < -0.3 is 0 Å². The van der Waals surface area contributed by atoms with Crippen molar-refractivity contribution >= 4 is 26.8 Å². The molecule has 1 heterocycles. The van der Waals surface area contributed by atoms with Gasteiger partial charge in [-0.25, -0.2) is 5.90 Å². The average Bonchev–Trinajstić information content (AvgIpc) is 2.44. The number of benzene rings is 1. The summed E-state index contributed by atoms with van der Waals surface area (Å²) in [5.74, 6) is 5.07. The molecule has 0 aliphatic heterocycles. The maximum atomic E-state index is 5.07. The van der Waals surface area contributed by atoms with Crippen molar-refractivity contribution in [1.29, 1.82) is 0 Å². The lowest BCUT2D eigenvalue weighted by Crippen LogP contribution is -2.01. The van der Waals surface area contributed by atoms with Gasteiger partial charge in [0.15, 0.2) is 0 Å². The van der Waals surface area contributed by atoms with E-state index < -0.39 is 0 Å². The third kappa shape index (κ3) is 1.43. The van der Waals surface area contributed by atoms with E-state index in [2.05, 4.69) is 25.9 Å². The third-order valence-electron chi connectivity index (χ3n) is 2.14. The second-order valence-electron chi connectivity index (χ2n) is 3.04. The van der Waals surface area contributed by atoms with Gasteiger partial charge in [0.05, 0.1) is 12.1 Å². The minimum absolute atomic E-state index is 0.392. The first-order valence-electron chi connectivity index (χ1n) is 4.16. The number of para-hydroxylation sites is 1. The SMILES string of the molecule is Cn1nc(Br)c2cccc(CON)c21. The minimum atomic E-state index is 0.392. The number of hydrogen-bond acceptors (Lipinski definition) is 3. The van der Waals surface area contributed by atoms with E-state index in [1.807, 2.05) is 29.9 Å². The summed E-state index contributed by atoms with van der Waals surface area (Å²) < 4.78 is 2.65. The number of fused-ring (bicyclic) bond motifs is 1. The van der Waals surface area contributed by atoms with Crippen molar-refractivity contribution in [3.63, 3.8) is 0 Å². The number of hydrogen-bond donors (Lipinski definition) is 1. The van der Waals surface area contributed by atoms with Crippen LogP contribution in [0.15, 0.2) is 22.8 Å². The largest absolute Gasteiger partial charge is 0.300 e. The molecule has 0 atom stereocenters. The van der Waals surface area contributed by atoms with Crippen LogP contribution in [0.2, 0.25) is 0 Å². The number of nitrogens with zero attached hydrogens (tertiary/aromatic N) is 2. The second-order valence-corrected chi connectivity index (χ2v) is 3.79. The quantitative estimate of drug-likeness (QED) is 0.832. The van der Waals surface area contributed by atoms with Crippen LogP contribution in [0.4, 0.5) is 0 Å². The summed E-state index contributed by atoms with van der Waals surface area (Å²) in [4.78, 5) is 4.64. The summed E-state index contributed by atoms with van der Waals surface area (Å²) in [6, 6.07) is 5.94. The Balaban J connectivity index is 2.72. The lowest BCUT2D eigenvalue weighted by Gasteiger charge is -2.02. The molecular weight excluding hydrogens is 246 g/mol. The van der Waals surface area contributed by atoms with Gasteiger partial charge in [-0.1, -0.05) is 18.2 Å². The summed E-state index contributed by atoms with van der Waals surface area (Å²) in [6.45, 7) is 0.392. The fourth-order valence-corrected chi connectivity index (χ4v) is 2.14. The van der Waals surface area contributed by atoms with Crippen LogP contribution in [0.1, 0.15) is 5.56 Å². The Bertz CT molecular complexity index is 466. The predicted molar refractivity (Wildman–Crippen MR) is 57.4 cm³/mol. The van der Waals surface area contributed by atoms with Crippen LogP contribution < -0.4 is 5.90 Å². The van der Waals surface area contributed by atoms with Crippen molar-refractivity contribution < 1.29 is 4.84 Å². The van der Waals surface area contributed by atoms with Gasteiger partial charge in [-0.15, -0.1) is 0 Å². The zero-order valence-corrected chi connectivity index (χ0v) is 9.28. The molecule has 5 heteroatoms. The predicted octanol–water partition coefficient (Wildman–Crippen LogP) is 1.73. The van der Waals surface area contributed by atoms with E-state index in [0.29, 0.717) is 6.61 Å². The molecule has 14 heavy (non-hydrogen) atoms. The van der Waals surface area contributed by atoms with E-state index >= 15 is 0 Å². The molecule has 0 unspecified atom stereocenters. The highest BCUT2D eigenvalue weighted by atomic mass is 79.9. The fourth-order valence-electron chi connectivity index (χ4n) is 1.58. The second kappa shape index (κ2) is 3.68. The molecule has 0 saturated carbocycles. The van der Waals surface area contributed by atoms with Crippen molar-refractivity contribution in [1.82, 2.24) is 9.78 Å². The first-order valence-corrected chi connectivity index (χ1v) is 4.95. The van der Waals surface area contributed by atoms with Gasteiger partial charge >= 0.3 is 0 Å². The third-order valence-corrected chi connectivity index (χ3v) is 2.73. The molecule has 0 spiro atoms. The normalized spacial score (nSPS) is 11.1. The van der Waals surface area contributed by atoms with Gasteiger partial charge in [0.25, 0.3) is 0 Å². The van der Waals surface area contributed by atoms with Crippen molar-refractivity contribution in [3.05, 3.63) is 28.4 Å². The Labute approximate surface area is 89.7 Å². The Morgan fingerprint density at radius 3 is 3.07 bits per heavy atom. The Morgan fingerprint density at radius 1 is 1.57 bits per heavy atom. The van der Waals surface area contributed by atoms with Crippen molar-refractivity contribution in [2.45, 2.75) is 6.61 Å². The first-order chi connectivity index (χ1) is 6.74.